The first-order valence-corrected chi connectivity index (χ1v) is 10.0. The Balaban J connectivity index is 1.73. The Morgan fingerprint density at radius 2 is 2.19 bits per heavy atom. The summed E-state index contributed by atoms with van der Waals surface area (Å²) in [6.07, 6.45) is 4.87. The average Bonchev–Trinajstić information content (AvgIpc) is 3.46. The van der Waals surface area contributed by atoms with Crippen LogP contribution in [0.1, 0.15) is 44.6 Å². The van der Waals surface area contributed by atoms with Crippen molar-refractivity contribution >= 4 is 11.9 Å². The van der Waals surface area contributed by atoms with E-state index < -0.39 is 0 Å². The van der Waals surface area contributed by atoms with E-state index in [0.29, 0.717) is 12.3 Å². The molecule has 1 aromatic carbocycles. The maximum atomic E-state index is 11.3. The summed E-state index contributed by atoms with van der Waals surface area (Å²) in [5.41, 5.74) is 6.76. The van der Waals surface area contributed by atoms with E-state index in [-0.39, 0.29) is 11.3 Å². The number of nitrogens with zero attached hydrogens (tertiary/aromatic N) is 2. The van der Waals surface area contributed by atoms with Crippen LogP contribution in [-0.2, 0) is 10.2 Å². The first-order chi connectivity index (χ1) is 13.1. The number of benzene rings is 1. The number of amides is 1. The predicted octanol–water partition coefficient (Wildman–Crippen LogP) is 2.28. The van der Waals surface area contributed by atoms with Gasteiger partial charge in [-0.25, -0.2) is 0 Å². The Bertz CT molecular complexity index is 685. The molecule has 2 aliphatic rings. The summed E-state index contributed by atoms with van der Waals surface area (Å²) in [5.74, 6) is 2.02. The Labute approximate surface area is 162 Å². The number of nitrogens with two attached hydrogens (primary N) is 1. The number of primary amides is 1. The van der Waals surface area contributed by atoms with E-state index in [1.54, 1.807) is 7.11 Å². The van der Waals surface area contributed by atoms with Crippen LogP contribution in [0.2, 0.25) is 0 Å². The molecular formula is C21H32N4O2. The number of para-hydroxylation sites is 1. The minimum atomic E-state index is -0.211. The molecule has 0 spiro atoms. The Morgan fingerprint density at radius 3 is 2.85 bits per heavy atom. The smallest absolute Gasteiger partial charge is 0.217 e. The van der Waals surface area contributed by atoms with Crippen LogP contribution in [0.5, 0.6) is 5.75 Å². The Morgan fingerprint density at radius 1 is 1.41 bits per heavy atom. The van der Waals surface area contributed by atoms with E-state index >= 15 is 0 Å². The average molecular weight is 373 g/mol. The molecule has 1 saturated heterocycles. The molecule has 6 heteroatoms. The van der Waals surface area contributed by atoms with Crippen molar-refractivity contribution in [3.63, 3.8) is 0 Å². The number of guanidine groups is 1. The molecule has 27 heavy (non-hydrogen) atoms. The number of carbonyl (C=O) groups excluding carboxylic acids is 1. The molecule has 1 atom stereocenters. The molecular weight excluding hydrogens is 340 g/mol. The number of rotatable bonds is 7. The lowest BCUT2D eigenvalue weighted by atomic mass is 9.94. The van der Waals surface area contributed by atoms with Crippen molar-refractivity contribution in [1.29, 1.82) is 0 Å². The summed E-state index contributed by atoms with van der Waals surface area (Å²) in [6, 6.07) is 8.28. The van der Waals surface area contributed by atoms with Crippen molar-refractivity contribution < 1.29 is 9.53 Å². The number of likely N-dealkylation sites (tertiary alicyclic amines) is 1. The van der Waals surface area contributed by atoms with Crippen molar-refractivity contribution in [1.82, 2.24) is 10.2 Å². The van der Waals surface area contributed by atoms with Gasteiger partial charge in [0, 0.05) is 37.0 Å². The summed E-state index contributed by atoms with van der Waals surface area (Å²) >= 11 is 0. The molecule has 3 rings (SSSR count). The summed E-state index contributed by atoms with van der Waals surface area (Å²) in [4.78, 5) is 18.6. The van der Waals surface area contributed by atoms with Crippen LogP contribution in [0, 0.1) is 5.92 Å². The second-order valence-electron chi connectivity index (χ2n) is 7.78. The topological polar surface area (TPSA) is 80.0 Å². The summed E-state index contributed by atoms with van der Waals surface area (Å²) < 4.78 is 5.58. The van der Waals surface area contributed by atoms with Crippen LogP contribution in [0.25, 0.3) is 0 Å². The van der Waals surface area contributed by atoms with E-state index in [4.69, 9.17) is 15.5 Å². The van der Waals surface area contributed by atoms with Crippen LogP contribution >= 0.6 is 0 Å². The van der Waals surface area contributed by atoms with Crippen LogP contribution in [0.3, 0.4) is 0 Å². The highest BCUT2D eigenvalue weighted by Crippen LogP contribution is 2.51. The maximum Gasteiger partial charge on any atom is 0.217 e. The fourth-order valence-electron chi connectivity index (χ4n) is 4.11. The van der Waals surface area contributed by atoms with Gasteiger partial charge in [0.15, 0.2) is 5.96 Å². The highest BCUT2D eigenvalue weighted by Gasteiger charge is 2.46. The quantitative estimate of drug-likeness (QED) is 0.568. The van der Waals surface area contributed by atoms with Gasteiger partial charge in [0.25, 0.3) is 0 Å². The number of hydrogen-bond donors (Lipinski definition) is 2. The number of hydrogen-bond acceptors (Lipinski definition) is 3. The molecule has 6 nitrogen and oxygen atoms in total. The van der Waals surface area contributed by atoms with Gasteiger partial charge in [0.05, 0.1) is 13.7 Å². The molecule has 1 aromatic rings. The fraction of sp³-hybridized carbons (Fsp3) is 0.619. The second kappa shape index (κ2) is 8.63. The van der Waals surface area contributed by atoms with Crippen molar-refractivity contribution in [3.05, 3.63) is 29.8 Å². The van der Waals surface area contributed by atoms with Gasteiger partial charge in [0.1, 0.15) is 5.75 Å². The SMILES string of the molecule is CCNC(=NCC1(c2ccccc2OC)CC1)N1CCCC(CC(N)=O)C1. The standard InChI is InChI=1S/C21H32N4O2/c1-3-23-20(25-12-6-7-16(14-25)13-19(22)26)24-15-21(10-11-21)17-8-4-5-9-18(17)27-2/h4-5,8-9,16H,3,6-7,10-15H2,1-2H3,(H2,22,26)(H,23,24). The second-order valence-corrected chi connectivity index (χ2v) is 7.78. The number of ether oxygens (including phenoxy) is 1. The van der Waals surface area contributed by atoms with Crippen LogP contribution < -0.4 is 15.8 Å². The molecule has 1 aliphatic carbocycles. The molecule has 0 aromatic heterocycles. The lowest BCUT2D eigenvalue weighted by Gasteiger charge is -2.35. The van der Waals surface area contributed by atoms with E-state index in [1.807, 2.05) is 12.1 Å². The lowest BCUT2D eigenvalue weighted by molar-refractivity contribution is -0.119. The molecule has 0 radical (unpaired) electrons. The van der Waals surface area contributed by atoms with Gasteiger partial charge in [-0.2, -0.15) is 0 Å². The maximum absolute atomic E-state index is 11.3. The molecule has 1 heterocycles. The van der Waals surface area contributed by atoms with Crippen LogP contribution in [-0.4, -0.2) is 50.1 Å². The highest BCUT2D eigenvalue weighted by molar-refractivity contribution is 5.80. The lowest BCUT2D eigenvalue weighted by Crippen LogP contribution is -2.47. The highest BCUT2D eigenvalue weighted by atomic mass is 16.5. The van der Waals surface area contributed by atoms with Gasteiger partial charge in [0.2, 0.25) is 5.91 Å². The number of aliphatic imine (C=N–C) groups is 1. The number of piperidine rings is 1. The van der Waals surface area contributed by atoms with Crippen molar-refractivity contribution in [2.75, 3.05) is 33.3 Å². The van der Waals surface area contributed by atoms with Crippen LogP contribution in [0.15, 0.2) is 29.3 Å². The van der Waals surface area contributed by atoms with Gasteiger partial charge in [-0.3, -0.25) is 9.79 Å². The summed E-state index contributed by atoms with van der Waals surface area (Å²) in [7, 11) is 1.73. The van der Waals surface area contributed by atoms with Crippen molar-refractivity contribution in [2.24, 2.45) is 16.6 Å². The van der Waals surface area contributed by atoms with Gasteiger partial charge in [-0.05, 0) is 44.6 Å². The van der Waals surface area contributed by atoms with E-state index in [9.17, 15) is 4.79 Å². The third kappa shape index (κ3) is 4.73. The van der Waals surface area contributed by atoms with Gasteiger partial charge in [-0.15, -0.1) is 0 Å². The van der Waals surface area contributed by atoms with Crippen LogP contribution in [0.4, 0.5) is 0 Å². The minimum Gasteiger partial charge on any atom is -0.496 e. The molecule has 1 saturated carbocycles. The number of nitrogens with one attached hydrogen (secondary N) is 1. The molecule has 1 amide bonds. The van der Waals surface area contributed by atoms with Gasteiger partial charge < -0.3 is 20.7 Å². The van der Waals surface area contributed by atoms with Crippen molar-refractivity contribution in [3.8, 4) is 5.75 Å². The van der Waals surface area contributed by atoms with E-state index in [1.165, 1.54) is 5.56 Å². The molecule has 1 aliphatic heterocycles. The normalized spacial score (nSPS) is 21.6. The number of carbonyl (C=O) groups is 1. The zero-order valence-electron chi connectivity index (χ0n) is 16.5. The largest absolute Gasteiger partial charge is 0.496 e. The van der Waals surface area contributed by atoms with E-state index in [2.05, 4.69) is 29.3 Å². The third-order valence-corrected chi connectivity index (χ3v) is 5.71. The monoisotopic (exact) mass is 372 g/mol. The Kier molecular flexibility index (Phi) is 6.24. The molecule has 1 unspecified atom stereocenters. The molecule has 148 valence electrons. The third-order valence-electron chi connectivity index (χ3n) is 5.71. The zero-order valence-corrected chi connectivity index (χ0v) is 16.5. The van der Waals surface area contributed by atoms with E-state index in [0.717, 1.165) is 63.6 Å². The van der Waals surface area contributed by atoms with Gasteiger partial charge >= 0.3 is 0 Å². The minimum absolute atomic E-state index is 0.0929. The fourth-order valence-corrected chi connectivity index (χ4v) is 4.11. The molecule has 0 bridgehead atoms. The first kappa shape index (κ1) is 19.5. The van der Waals surface area contributed by atoms with Crippen molar-refractivity contribution in [2.45, 2.75) is 44.4 Å². The summed E-state index contributed by atoms with van der Waals surface area (Å²) in [6.45, 7) is 5.50. The molecule has 3 N–H and O–H groups in total. The number of methoxy groups -OCH3 is 1. The zero-order chi connectivity index (χ0) is 19.3. The van der Waals surface area contributed by atoms with Gasteiger partial charge in [-0.1, -0.05) is 18.2 Å². The summed E-state index contributed by atoms with van der Waals surface area (Å²) in [5, 5.41) is 3.44. The first-order valence-electron chi connectivity index (χ1n) is 10.0. The predicted molar refractivity (Wildman–Crippen MR) is 108 cm³/mol. The Hall–Kier alpha value is -2.24. The molecule has 2 fully saturated rings.